The Morgan fingerprint density at radius 2 is 2.33 bits per heavy atom. The summed E-state index contributed by atoms with van der Waals surface area (Å²) in [5, 5.41) is 3.06. The van der Waals surface area contributed by atoms with Gasteiger partial charge >= 0.3 is 0 Å². The summed E-state index contributed by atoms with van der Waals surface area (Å²) in [6.45, 7) is 6.62. The number of carbonyl (C=O) groups excluding carboxylic acids is 1. The molecule has 2 heterocycles. The third-order valence-corrected chi connectivity index (χ3v) is 4.76. The maximum Gasteiger partial charge on any atom is 0.268 e. The number of ether oxygens (including phenoxy) is 2. The summed E-state index contributed by atoms with van der Waals surface area (Å²) in [6, 6.07) is 5.83. The molecule has 1 unspecified atom stereocenters. The lowest BCUT2D eigenvalue weighted by Crippen LogP contribution is -2.44. The fourth-order valence-electron chi connectivity index (χ4n) is 2.63. The van der Waals surface area contributed by atoms with Gasteiger partial charge in [0.1, 0.15) is 5.75 Å². The quantitative estimate of drug-likeness (QED) is 0.755. The number of amides is 1. The number of benzene rings is 1. The van der Waals surface area contributed by atoms with E-state index in [-0.39, 0.29) is 5.91 Å². The molecule has 0 aliphatic carbocycles. The normalized spacial score (nSPS) is 16.7. The maximum atomic E-state index is 12.4. The number of hydrogen-bond acceptors (Lipinski definition) is 5. The zero-order chi connectivity index (χ0) is 17.1. The fourth-order valence-corrected chi connectivity index (χ4v) is 3.42. The smallest absolute Gasteiger partial charge is 0.268 e. The van der Waals surface area contributed by atoms with Crippen LogP contribution in [0.4, 0.5) is 5.69 Å². The molecule has 24 heavy (non-hydrogen) atoms. The molecule has 1 atom stereocenters. The van der Waals surface area contributed by atoms with E-state index in [1.165, 1.54) is 0 Å². The number of fused-ring (bicyclic) bond motifs is 1. The largest absolute Gasteiger partial charge is 0.479 e. The molecular formula is C18H20N2O3S. The molecule has 1 aliphatic heterocycles. The van der Waals surface area contributed by atoms with E-state index in [9.17, 15) is 4.79 Å². The first-order valence-electron chi connectivity index (χ1n) is 7.80. The van der Waals surface area contributed by atoms with Crippen molar-refractivity contribution in [2.45, 2.75) is 19.4 Å². The standard InChI is InChI=1S/C18H20N2O3S/c1-4-8-20-15-10-13(5-6-16(15)23-12(2)18(20)21)14-11-24-17(19-14)7-9-22-3/h4-6,10-12H,1,7-9H2,2-3H3. The van der Waals surface area contributed by atoms with E-state index in [2.05, 4.69) is 11.6 Å². The average molecular weight is 344 g/mol. The number of thiazole rings is 1. The van der Waals surface area contributed by atoms with Crippen molar-refractivity contribution in [2.75, 3.05) is 25.2 Å². The van der Waals surface area contributed by atoms with Gasteiger partial charge < -0.3 is 14.4 Å². The van der Waals surface area contributed by atoms with Crippen LogP contribution >= 0.6 is 11.3 Å². The second kappa shape index (κ2) is 7.15. The molecule has 1 aromatic carbocycles. The van der Waals surface area contributed by atoms with Crippen molar-refractivity contribution in [3.05, 3.63) is 41.2 Å². The van der Waals surface area contributed by atoms with Crippen LogP contribution in [0.2, 0.25) is 0 Å². The van der Waals surface area contributed by atoms with Crippen LogP contribution in [0.3, 0.4) is 0 Å². The molecule has 2 aromatic rings. The first-order chi connectivity index (χ1) is 11.6. The lowest BCUT2D eigenvalue weighted by molar-refractivity contribution is -0.125. The van der Waals surface area contributed by atoms with Crippen LogP contribution in [0.1, 0.15) is 11.9 Å². The summed E-state index contributed by atoms with van der Waals surface area (Å²) in [6.07, 6.45) is 2.04. The summed E-state index contributed by atoms with van der Waals surface area (Å²) in [7, 11) is 1.68. The third-order valence-electron chi connectivity index (χ3n) is 3.85. The summed E-state index contributed by atoms with van der Waals surface area (Å²) in [4.78, 5) is 18.7. The van der Waals surface area contributed by atoms with Crippen molar-refractivity contribution < 1.29 is 14.3 Å². The number of methoxy groups -OCH3 is 1. The van der Waals surface area contributed by atoms with Crippen LogP contribution in [0, 0.1) is 0 Å². The van der Waals surface area contributed by atoms with E-state index in [1.54, 1.807) is 36.3 Å². The Hall–Kier alpha value is -2.18. The molecule has 0 fully saturated rings. The highest BCUT2D eigenvalue weighted by molar-refractivity contribution is 7.09. The topological polar surface area (TPSA) is 51.7 Å². The van der Waals surface area contributed by atoms with Gasteiger partial charge in [-0.15, -0.1) is 17.9 Å². The van der Waals surface area contributed by atoms with Crippen LogP contribution in [0.25, 0.3) is 11.3 Å². The minimum absolute atomic E-state index is 0.0568. The third kappa shape index (κ3) is 3.20. The predicted molar refractivity (Wildman–Crippen MR) is 95.8 cm³/mol. The zero-order valence-corrected chi connectivity index (χ0v) is 14.6. The van der Waals surface area contributed by atoms with Crippen molar-refractivity contribution in [3.63, 3.8) is 0 Å². The second-order valence-corrected chi connectivity index (χ2v) is 6.49. The predicted octanol–water partition coefficient (Wildman–Crippen LogP) is 3.30. The molecule has 3 rings (SSSR count). The van der Waals surface area contributed by atoms with Crippen LogP contribution in [0.15, 0.2) is 36.2 Å². The summed E-state index contributed by atoms with van der Waals surface area (Å²) < 4.78 is 10.8. The van der Waals surface area contributed by atoms with Crippen molar-refractivity contribution in [1.82, 2.24) is 4.98 Å². The minimum atomic E-state index is -0.483. The Bertz CT molecular complexity index is 756. The SMILES string of the molecule is C=CCN1C(=O)C(C)Oc2ccc(-c3csc(CCOC)n3)cc21. The number of nitrogens with zero attached hydrogens (tertiary/aromatic N) is 2. The van der Waals surface area contributed by atoms with E-state index < -0.39 is 6.10 Å². The molecule has 126 valence electrons. The number of aromatic nitrogens is 1. The molecule has 0 N–H and O–H groups in total. The van der Waals surface area contributed by atoms with Gasteiger partial charge in [0.15, 0.2) is 6.10 Å². The highest BCUT2D eigenvalue weighted by Gasteiger charge is 2.31. The Morgan fingerprint density at radius 1 is 1.50 bits per heavy atom. The van der Waals surface area contributed by atoms with E-state index in [0.29, 0.717) is 18.9 Å². The number of carbonyl (C=O) groups is 1. The number of rotatable bonds is 6. The van der Waals surface area contributed by atoms with E-state index in [0.717, 1.165) is 28.4 Å². The Kier molecular flexibility index (Phi) is 4.97. The average Bonchev–Trinajstić information content (AvgIpc) is 3.06. The van der Waals surface area contributed by atoms with Gasteiger partial charge in [-0.1, -0.05) is 6.08 Å². The van der Waals surface area contributed by atoms with Crippen LogP contribution < -0.4 is 9.64 Å². The Balaban J connectivity index is 1.93. The first kappa shape index (κ1) is 16.7. The van der Waals surface area contributed by atoms with Crippen LogP contribution in [-0.2, 0) is 16.0 Å². The number of hydrogen-bond donors (Lipinski definition) is 0. The molecule has 1 aromatic heterocycles. The van der Waals surface area contributed by atoms with Gasteiger partial charge in [-0.25, -0.2) is 4.98 Å². The van der Waals surface area contributed by atoms with Crippen molar-refractivity contribution in [1.29, 1.82) is 0 Å². The Labute approximate surface area is 145 Å². The fraction of sp³-hybridized carbons (Fsp3) is 0.333. The van der Waals surface area contributed by atoms with Gasteiger partial charge in [-0.05, 0) is 25.1 Å². The highest BCUT2D eigenvalue weighted by atomic mass is 32.1. The molecule has 0 spiro atoms. The van der Waals surface area contributed by atoms with Crippen molar-refractivity contribution >= 4 is 22.9 Å². The van der Waals surface area contributed by atoms with E-state index >= 15 is 0 Å². The lowest BCUT2D eigenvalue weighted by atomic mass is 10.1. The minimum Gasteiger partial charge on any atom is -0.479 e. The van der Waals surface area contributed by atoms with Crippen LogP contribution in [-0.4, -0.2) is 37.3 Å². The van der Waals surface area contributed by atoms with Crippen molar-refractivity contribution in [3.8, 4) is 17.0 Å². The first-order valence-corrected chi connectivity index (χ1v) is 8.68. The Morgan fingerprint density at radius 3 is 3.08 bits per heavy atom. The summed E-state index contributed by atoms with van der Waals surface area (Å²) in [5.74, 6) is 0.654. The monoisotopic (exact) mass is 344 g/mol. The summed E-state index contributed by atoms with van der Waals surface area (Å²) >= 11 is 1.61. The molecular weight excluding hydrogens is 324 g/mol. The lowest BCUT2D eigenvalue weighted by Gasteiger charge is -2.32. The van der Waals surface area contributed by atoms with Crippen molar-refractivity contribution in [2.24, 2.45) is 0 Å². The molecule has 0 saturated heterocycles. The molecule has 0 radical (unpaired) electrons. The highest BCUT2D eigenvalue weighted by Crippen LogP contribution is 2.37. The summed E-state index contributed by atoms with van der Waals surface area (Å²) in [5.41, 5.74) is 2.63. The number of anilines is 1. The van der Waals surface area contributed by atoms with Gasteiger partial charge in [0.05, 0.1) is 23.0 Å². The van der Waals surface area contributed by atoms with Gasteiger partial charge in [0.2, 0.25) is 0 Å². The molecule has 1 amide bonds. The van der Waals surface area contributed by atoms with Gasteiger partial charge in [0, 0.05) is 31.0 Å². The van der Waals surface area contributed by atoms with E-state index in [1.807, 2.05) is 23.6 Å². The molecule has 0 saturated carbocycles. The molecule has 0 bridgehead atoms. The van der Waals surface area contributed by atoms with Gasteiger partial charge in [-0.3, -0.25) is 4.79 Å². The van der Waals surface area contributed by atoms with Gasteiger partial charge in [-0.2, -0.15) is 0 Å². The zero-order valence-electron chi connectivity index (χ0n) is 13.8. The molecule has 1 aliphatic rings. The maximum absolute atomic E-state index is 12.4. The molecule has 6 heteroatoms. The van der Waals surface area contributed by atoms with Crippen LogP contribution in [0.5, 0.6) is 5.75 Å². The van der Waals surface area contributed by atoms with Gasteiger partial charge in [0.25, 0.3) is 5.91 Å². The second-order valence-electron chi connectivity index (χ2n) is 5.55. The van der Waals surface area contributed by atoms with E-state index in [4.69, 9.17) is 9.47 Å². The molecule has 5 nitrogen and oxygen atoms in total.